The molecular weight excluding hydrogens is 176 g/mol. The van der Waals surface area contributed by atoms with Crippen molar-refractivity contribution in [2.45, 2.75) is 32.2 Å². The summed E-state index contributed by atoms with van der Waals surface area (Å²) >= 11 is 0. The second-order valence-corrected chi connectivity index (χ2v) is 2.80. The fourth-order valence-electron chi connectivity index (χ4n) is 1.08. The summed E-state index contributed by atoms with van der Waals surface area (Å²) < 4.78 is 0. The van der Waals surface area contributed by atoms with Crippen molar-refractivity contribution in [1.82, 2.24) is 5.32 Å². The number of halogens is 1. The van der Waals surface area contributed by atoms with Crippen molar-refractivity contribution < 1.29 is 22.9 Å². The Morgan fingerprint density at radius 2 is 2.08 bits per heavy atom. The van der Waals surface area contributed by atoms with Crippen molar-refractivity contribution in [3.05, 3.63) is 0 Å². The van der Waals surface area contributed by atoms with Gasteiger partial charge in [-0.15, -0.1) is 0 Å². The Balaban J connectivity index is 0. The largest absolute Gasteiger partial charge is 1.00 e. The quantitative estimate of drug-likeness (QED) is 0.433. The molecular formula is C8H19ClN2O. The third-order valence-electron chi connectivity index (χ3n) is 1.83. The van der Waals surface area contributed by atoms with Crippen LogP contribution in [0.2, 0.25) is 0 Å². The minimum atomic E-state index is 0. The van der Waals surface area contributed by atoms with E-state index in [-0.39, 0.29) is 24.2 Å². The monoisotopic (exact) mass is 194 g/mol. The summed E-state index contributed by atoms with van der Waals surface area (Å²) in [7, 11) is 1.83. The van der Waals surface area contributed by atoms with Gasteiger partial charge in [0.2, 0.25) is 0 Å². The van der Waals surface area contributed by atoms with E-state index in [4.69, 9.17) is 0 Å². The van der Waals surface area contributed by atoms with Crippen LogP contribution in [0, 0.1) is 0 Å². The van der Waals surface area contributed by atoms with E-state index in [1.54, 1.807) is 6.92 Å². The normalized spacial score (nSPS) is 11.9. The average Bonchev–Trinajstić information content (AvgIpc) is 1.97. The lowest BCUT2D eigenvalue weighted by atomic mass is 10.1. The van der Waals surface area contributed by atoms with Crippen LogP contribution < -0.4 is 23.5 Å². The molecule has 0 amide bonds. The molecule has 4 N–H and O–H groups in total. The standard InChI is InChI=1S/C8H18N2O.ClH/c1-7(11)8(10-2)5-3-4-6-9;/h8,10H,3-6,9H2,1-2H3;1H/t8-;/m0./s1. The Labute approximate surface area is 80.5 Å². The molecule has 12 heavy (non-hydrogen) atoms. The number of hydrogen-bond acceptors (Lipinski definition) is 2. The van der Waals surface area contributed by atoms with Crippen LogP contribution in [0.4, 0.5) is 0 Å². The number of Topliss-reactive ketones (excluding diaryl/α,β-unsaturated/α-hetero) is 1. The zero-order valence-electron chi connectivity index (χ0n) is 7.90. The molecule has 4 heteroatoms. The molecule has 0 aliphatic rings. The molecule has 0 heterocycles. The van der Waals surface area contributed by atoms with E-state index >= 15 is 0 Å². The Kier molecular flexibility index (Phi) is 10.8. The van der Waals surface area contributed by atoms with E-state index in [9.17, 15) is 4.79 Å². The van der Waals surface area contributed by atoms with E-state index in [0.29, 0.717) is 0 Å². The summed E-state index contributed by atoms with van der Waals surface area (Å²) in [6.45, 7) is 2.60. The van der Waals surface area contributed by atoms with Crippen molar-refractivity contribution in [2.75, 3.05) is 13.6 Å². The molecule has 0 radical (unpaired) electrons. The number of carbonyl (C=O) groups is 1. The summed E-state index contributed by atoms with van der Waals surface area (Å²) in [5.74, 6) is 0.233. The molecule has 0 spiro atoms. The van der Waals surface area contributed by atoms with E-state index in [0.717, 1.165) is 25.8 Å². The summed E-state index contributed by atoms with van der Waals surface area (Å²) in [5, 5.41) is 2.99. The average molecular weight is 195 g/mol. The van der Waals surface area contributed by atoms with Gasteiger partial charge in [0.15, 0.2) is 0 Å². The lowest BCUT2D eigenvalue weighted by Gasteiger charge is -2.10. The van der Waals surface area contributed by atoms with Gasteiger partial charge in [-0.2, -0.15) is 0 Å². The topological polar surface area (TPSA) is 56.7 Å². The summed E-state index contributed by atoms with van der Waals surface area (Å²) in [5.41, 5.74) is 3.75. The zero-order chi connectivity index (χ0) is 8.69. The van der Waals surface area contributed by atoms with E-state index < -0.39 is 0 Å². The van der Waals surface area contributed by atoms with Crippen molar-refractivity contribution >= 4 is 5.78 Å². The van der Waals surface area contributed by atoms with Gasteiger partial charge in [0.05, 0.1) is 12.6 Å². The third-order valence-corrected chi connectivity index (χ3v) is 1.83. The third kappa shape index (κ3) is 6.58. The molecule has 0 aromatic carbocycles. The van der Waals surface area contributed by atoms with Crippen molar-refractivity contribution in [3.63, 3.8) is 0 Å². The molecule has 0 saturated carbocycles. The fraction of sp³-hybridized carbons (Fsp3) is 0.875. The lowest BCUT2D eigenvalue weighted by molar-refractivity contribution is -0.368. The van der Waals surface area contributed by atoms with Crippen LogP contribution in [0.3, 0.4) is 0 Å². The number of hydrogen-bond donors (Lipinski definition) is 2. The number of ketones is 1. The van der Waals surface area contributed by atoms with Gasteiger partial charge in [0, 0.05) is 0 Å². The maximum Gasteiger partial charge on any atom is 0.146 e. The summed E-state index contributed by atoms with van der Waals surface area (Å²) in [4.78, 5) is 10.9. The first kappa shape index (κ1) is 14.4. The van der Waals surface area contributed by atoms with Gasteiger partial charge in [-0.25, -0.2) is 0 Å². The Bertz CT molecular complexity index is 120. The first-order valence-electron chi connectivity index (χ1n) is 4.19. The summed E-state index contributed by atoms with van der Waals surface area (Å²) in [6, 6.07) is 0.0570. The van der Waals surface area contributed by atoms with Crippen LogP contribution >= 0.6 is 0 Å². The molecule has 74 valence electrons. The van der Waals surface area contributed by atoms with Crippen molar-refractivity contribution in [1.29, 1.82) is 0 Å². The predicted molar refractivity (Wildman–Crippen MR) is 45.1 cm³/mol. The molecule has 0 aromatic rings. The highest BCUT2D eigenvalue weighted by Gasteiger charge is 2.09. The first-order valence-corrected chi connectivity index (χ1v) is 4.19. The van der Waals surface area contributed by atoms with Gasteiger partial charge in [-0.1, -0.05) is 0 Å². The molecule has 1 atom stereocenters. The minimum Gasteiger partial charge on any atom is -1.00 e. The second-order valence-electron chi connectivity index (χ2n) is 2.80. The van der Waals surface area contributed by atoms with E-state index in [1.165, 1.54) is 0 Å². The number of nitrogens with one attached hydrogen (secondary N) is 1. The molecule has 0 aliphatic carbocycles. The Hall–Kier alpha value is -0.120. The van der Waals surface area contributed by atoms with Gasteiger partial charge < -0.3 is 23.5 Å². The second kappa shape index (κ2) is 8.97. The van der Waals surface area contributed by atoms with Gasteiger partial charge in [-0.3, -0.25) is 4.79 Å². The molecule has 0 rings (SSSR count). The predicted octanol–water partition coefficient (Wildman–Crippen LogP) is -3.42. The minimum absolute atomic E-state index is 0. The highest BCUT2D eigenvalue weighted by Crippen LogP contribution is 1.99. The SMILES string of the molecule is CN[C@@H](CCCC[NH3+])C(C)=O.[Cl-]. The van der Waals surface area contributed by atoms with Crippen LogP contribution in [0.15, 0.2) is 0 Å². The van der Waals surface area contributed by atoms with Crippen LogP contribution in [0.5, 0.6) is 0 Å². The zero-order valence-corrected chi connectivity index (χ0v) is 8.66. The molecule has 0 aliphatic heterocycles. The number of quaternary nitrogens is 1. The fourth-order valence-corrected chi connectivity index (χ4v) is 1.08. The number of rotatable bonds is 6. The van der Waals surface area contributed by atoms with Crippen LogP contribution in [0.25, 0.3) is 0 Å². The first-order chi connectivity index (χ1) is 5.22. The molecule has 0 unspecified atom stereocenters. The van der Waals surface area contributed by atoms with Gasteiger partial charge in [-0.05, 0) is 33.2 Å². The molecule has 0 fully saturated rings. The summed E-state index contributed by atoms with van der Waals surface area (Å²) in [6.07, 6.45) is 3.15. The van der Waals surface area contributed by atoms with E-state index in [1.807, 2.05) is 7.05 Å². The smallest absolute Gasteiger partial charge is 0.146 e. The maximum atomic E-state index is 10.9. The van der Waals surface area contributed by atoms with E-state index in [2.05, 4.69) is 11.1 Å². The maximum absolute atomic E-state index is 10.9. The highest BCUT2D eigenvalue weighted by atomic mass is 35.5. The molecule has 0 saturated heterocycles. The highest BCUT2D eigenvalue weighted by molar-refractivity contribution is 5.81. The van der Waals surface area contributed by atoms with Gasteiger partial charge >= 0.3 is 0 Å². The Morgan fingerprint density at radius 1 is 1.50 bits per heavy atom. The van der Waals surface area contributed by atoms with Crippen LogP contribution in [-0.2, 0) is 4.79 Å². The van der Waals surface area contributed by atoms with Gasteiger partial charge in [0.1, 0.15) is 5.78 Å². The molecule has 0 aromatic heterocycles. The van der Waals surface area contributed by atoms with Gasteiger partial charge in [0.25, 0.3) is 0 Å². The molecule has 0 bridgehead atoms. The number of likely N-dealkylation sites (N-methyl/N-ethyl adjacent to an activating group) is 1. The van der Waals surface area contributed by atoms with Crippen molar-refractivity contribution in [2.24, 2.45) is 0 Å². The van der Waals surface area contributed by atoms with Crippen LogP contribution in [0.1, 0.15) is 26.2 Å². The molecule has 3 nitrogen and oxygen atoms in total. The lowest BCUT2D eigenvalue weighted by Crippen LogP contribution is -3.00. The van der Waals surface area contributed by atoms with Crippen LogP contribution in [-0.4, -0.2) is 25.4 Å². The van der Waals surface area contributed by atoms with Crippen molar-refractivity contribution in [3.8, 4) is 0 Å². The number of carbonyl (C=O) groups excluding carboxylic acids is 1. The number of unbranched alkanes of at least 4 members (excludes halogenated alkanes) is 1. The Morgan fingerprint density at radius 3 is 2.42 bits per heavy atom.